The van der Waals surface area contributed by atoms with E-state index in [1.165, 1.54) is 12.8 Å². The molecule has 0 aromatic carbocycles. The number of nitrogens with one attached hydrogen (secondary N) is 1. The number of nitrogens with zero attached hydrogens (tertiary/aromatic N) is 4. The van der Waals surface area contributed by atoms with E-state index in [0.29, 0.717) is 18.0 Å². The fourth-order valence-electron chi connectivity index (χ4n) is 2.22. The maximum absolute atomic E-state index is 8.89. The van der Waals surface area contributed by atoms with Crippen LogP contribution in [0.1, 0.15) is 37.9 Å². The second-order valence-electron chi connectivity index (χ2n) is 4.96. The quantitative estimate of drug-likeness (QED) is 0.840. The number of aromatic amines is 1. The average molecular weight is 261 g/mol. The Morgan fingerprint density at radius 3 is 3.05 bits per heavy atom. The molecule has 0 atom stereocenters. The lowest BCUT2D eigenvalue weighted by atomic mass is 10.4. The molecule has 102 valence electrons. The molecular weight excluding hydrogens is 242 g/mol. The molecule has 2 aromatic heterocycles. The molecule has 0 spiro atoms. The molecule has 0 bridgehead atoms. The van der Waals surface area contributed by atoms with Gasteiger partial charge in [0, 0.05) is 12.5 Å². The van der Waals surface area contributed by atoms with E-state index in [4.69, 9.17) is 10.1 Å². The van der Waals surface area contributed by atoms with E-state index in [0.717, 1.165) is 30.0 Å². The van der Waals surface area contributed by atoms with Gasteiger partial charge in [-0.15, -0.1) is 0 Å². The van der Waals surface area contributed by atoms with Crippen molar-refractivity contribution in [3.05, 3.63) is 17.6 Å². The van der Waals surface area contributed by atoms with Crippen LogP contribution in [0.25, 0.3) is 11.2 Å². The zero-order valence-electron chi connectivity index (χ0n) is 11.1. The van der Waals surface area contributed by atoms with Gasteiger partial charge in [-0.3, -0.25) is 4.99 Å². The summed E-state index contributed by atoms with van der Waals surface area (Å²) in [5.74, 6) is 1.63. The van der Waals surface area contributed by atoms with Crippen LogP contribution >= 0.6 is 0 Å². The van der Waals surface area contributed by atoms with Crippen LogP contribution in [0, 0.1) is 0 Å². The van der Waals surface area contributed by atoms with Gasteiger partial charge in [0.2, 0.25) is 0 Å². The summed E-state index contributed by atoms with van der Waals surface area (Å²) in [5.41, 5.74) is 2.47. The molecule has 1 fully saturated rings. The Morgan fingerprint density at radius 2 is 2.37 bits per heavy atom. The molecule has 0 saturated heterocycles. The Morgan fingerprint density at radius 1 is 1.53 bits per heavy atom. The maximum atomic E-state index is 8.89. The van der Waals surface area contributed by atoms with Gasteiger partial charge in [-0.2, -0.15) is 0 Å². The lowest BCUT2D eigenvalue weighted by molar-refractivity contribution is 0.305. The third kappa shape index (κ3) is 2.40. The van der Waals surface area contributed by atoms with Gasteiger partial charge in [0.1, 0.15) is 11.3 Å². The van der Waals surface area contributed by atoms with Gasteiger partial charge in [0.25, 0.3) is 0 Å². The number of fused-ring (bicyclic) bond motifs is 1. The van der Waals surface area contributed by atoms with Gasteiger partial charge in [-0.25, -0.2) is 9.97 Å². The number of rotatable bonds is 5. The standard InChI is InChI=1S/C13H19N5O/c1-2-6-18-8-15-12(14-5-7-19)10-13(18)17-11(16-10)9-3-4-9/h8-9,19H,2-7H2,1H3,(H,16,17). The van der Waals surface area contributed by atoms with Crippen molar-refractivity contribution in [3.63, 3.8) is 0 Å². The summed E-state index contributed by atoms with van der Waals surface area (Å²) in [4.78, 5) is 16.7. The summed E-state index contributed by atoms with van der Waals surface area (Å²) in [6.45, 7) is 3.45. The summed E-state index contributed by atoms with van der Waals surface area (Å²) in [6, 6.07) is 0. The fourth-order valence-corrected chi connectivity index (χ4v) is 2.22. The van der Waals surface area contributed by atoms with Crippen LogP contribution in [-0.4, -0.2) is 37.8 Å². The summed E-state index contributed by atoms with van der Waals surface area (Å²) >= 11 is 0. The molecule has 0 aliphatic heterocycles. The SMILES string of the molecule is CCCn1cnc(=NCCO)c2[nH]c(C3CC3)nc21. The first-order chi connectivity index (χ1) is 9.33. The summed E-state index contributed by atoms with van der Waals surface area (Å²) in [5, 5.41) is 8.89. The minimum atomic E-state index is 0.0383. The van der Waals surface area contributed by atoms with Gasteiger partial charge >= 0.3 is 0 Å². The molecule has 2 N–H and O–H groups in total. The Bertz CT molecular complexity index is 638. The molecule has 1 saturated carbocycles. The van der Waals surface area contributed by atoms with Crippen molar-refractivity contribution >= 4 is 11.2 Å². The van der Waals surface area contributed by atoms with Crippen LogP contribution < -0.4 is 5.49 Å². The van der Waals surface area contributed by atoms with Crippen LogP contribution in [0.15, 0.2) is 11.3 Å². The highest BCUT2D eigenvalue weighted by molar-refractivity contribution is 5.69. The molecule has 6 nitrogen and oxygen atoms in total. The Balaban J connectivity index is 2.14. The highest BCUT2D eigenvalue weighted by Crippen LogP contribution is 2.38. The maximum Gasteiger partial charge on any atom is 0.176 e. The van der Waals surface area contributed by atoms with E-state index in [-0.39, 0.29) is 6.61 Å². The summed E-state index contributed by atoms with van der Waals surface area (Å²) < 4.78 is 2.07. The van der Waals surface area contributed by atoms with E-state index < -0.39 is 0 Å². The second-order valence-corrected chi connectivity index (χ2v) is 4.96. The van der Waals surface area contributed by atoms with Crippen LogP contribution in [0.5, 0.6) is 0 Å². The number of hydrogen-bond acceptors (Lipinski definition) is 4. The predicted octanol–water partition coefficient (Wildman–Crippen LogP) is 0.940. The summed E-state index contributed by atoms with van der Waals surface area (Å²) in [7, 11) is 0. The first-order valence-electron chi connectivity index (χ1n) is 6.90. The third-order valence-corrected chi connectivity index (χ3v) is 3.31. The second kappa shape index (κ2) is 5.13. The molecule has 1 aliphatic carbocycles. The van der Waals surface area contributed by atoms with Gasteiger partial charge in [0.05, 0.1) is 19.5 Å². The molecule has 19 heavy (non-hydrogen) atoms. The minimum Gasteiger partial charge on any atom is -0.394 e. The molecule has 3 rings (SSSR count). The zero-order chi connectivity index (χ0) is 13.2. The molecule has 0 amide bonds. The normalized spacial score (nSPS) is 16.4. The highest BCUT2D eigenvalue weighted by Gasteiger charge is 2.27. The monoisotopic (exact) mass is 261 g/mol. The smallest absolute Gasteiger partial charge is 0.176 e. The van der Waals surface area contributed by atoms with Crippen LogP contribution in [0.4, 0.5) is 0 Å². The van der Waals surface area contributed by atoms with E-state index in [1.807, 2.05) is 0 Å². The molecule has 0 unspecified atom stereocenters. The number of H-pyrrole nitrogens is 1. The first-order valence-corrected chi connectivity index (χ1v) is 6.90. The van der Waals surface area contributed by atoms with E-state index in [9.17, 15) is 0 Å². The molecular formula is C13H19N5O. The molecule has 2 aromatic rings. The number of aromatic nitrogens is 4. The lowest BCUT2D eigenvalue weighted by Gasteiger charge is -2.04. The average Bonchev–Trinajstić information content (AvgIpc) is 3.17. The molecule has 6 heteroatoms. The number of imidazole rings is 1. The summed E-state index contributed by atoms with van der Waals surface area (Å²) in [6.07, 6.45) is 5.26. The third-order valence-electron chi connectivity index (χ3n) is 3.31. The van der Waals surface area contributed by atoms with Gasteiger partial charge in [-0.1, -0.05) is 6.92 Å². The Hall–Kier alpha value is -1.69. The largest absolute Gasteiger partial charge is 0.394 e. The minimum absolute atomic E-state index is 0.0383. The van der Waals surface area contributed by atoms with Gasteiger partial charge in [0.15, 0.2) is 11.1 Å². The lowest BCUT2D eigenvalue weighted by Crippen LogP contribution is -2.15. The Labute approximate surface area is 111 Å². The Kier molecular flexibility index (Phi) is 3.33. The van der Waals surface area contributed by atoms with Crippen LogP contribution in [0.3, 0.4) is 0 Å². The van der Waals surface area contributed by atoms with Crippen LogP contribution in [-0.2, 0) is 6.54 Å². The van der Waals surface area contributed by atoms with Crippen LogP contribution in [0.2, 0.25) is 0 Å². The molecule has 0 radical (unpaired) electrons. The predicted molar refractivity (Wildman–Crippen MR) is 71.7 cm³/mol. The van der Waals surface area contributed by atoms with Crippen molar-refractivity contribution in [2.45, 2.75) is 38.6 Å². The number of aliphatic hydroxyl groups excluding tert-OH is 1. The number of aliphatic hydroxyl groups is 1. The van der Waals surface area contributed by atoms with Gasteiger partial charge < -0.3 is 14.7 Å². The van der Waals surface area contributed by atoms with E-state index >= 15 is 0 Å². The van der Waals surface area contributed by atoms with Crippen molar-refractivity contribution in [2.75, 3.05) is 13.2 Å². The molecule has 1 aliphatic rings. The van der Waals surface area contributed by atoms with E-state index in [1.54, 1.807) is 6.33 Å². The van der Waals surface area contributed by atoms with Crippen molar-refractivity contribution in [2.24, 2.45) is 4.99 Å². The van der Waals surface area contributed by atoms with E-state index in [2.05, 4.69) is 26.5 Å². The van der Waals surface area contributed by atoms with Crippen molar-refractivity contribution < 1.29 is 5.11 Å². The van der Waals surface area contributed by atoms with Crippen molar-refractivity contribution in [3.8, 4) is 0 Å². The molecule has 2 heterocycles. The fraction of sp³-hybridized carbons (Fsp3) is 0.615. The number of hydrogen-bond donors (Lipinski definition) is 2. The number of aryl methyl sites for hydroxylation is 1. The first kappa shape index (κ1) is 12.3. The van der Waals surface area contributed by atoms with Crippen molar-refractivity contribution in [1.29, 1.82) is 0 Å². The zero-order valence-corrected chi connectivity index (χ0v) is 11.1. The van der Waals surface area contributed by atoms with Crippen molar-refractivity contribution in [1.82, 2.24) is 19.5 Å². The highest BCUT2D eigenvalue weighted by atomic mass is 16.3. The topological polar surface area (TPSA) is 79.1 Å². The van der Waals surface area contributed by atoms with Gasteiger partial charge in [-0.05, 0) is 19.3 Å².